The van der Waals surface area contributed by atoms with Gasteiger partial charge in [0.15, 0.2) is 0 Å². The number of carbonyl (C=O) groups is 2. The molecule has 194 valence electrons. The third kappa shape index (κ3) is 4.99. The molecule has 0 bridgehead atoms. The van der Waals surface area contributed by atoms with Gasteiger partial charge in [0.05, 0.1) is 22.8 Å². The molecule has 1 aliphatic heterocycles. The van der Waals surface area contributed by atoms with E-state index in [2.05, 4.69) is 4.98 Å². The number of pyridine rings is 2. The van der Waals surface area contributed by atoms with Gasteiger partial charge < -0.3 is 14.5 Å². The van der Waals surface area contributed by atoms with E-state index < -0.39 is 0 Å². The second-order valence-corrected chi connectivity index (χ2v) is 10.2. The molecule has 0 N–H and O–H groups in total. The predicted octanol–water partition coefficient (Wildman–Crippen LogP) is 5.39. The Morgan fingerprint density at radius 3 is 2.84 bits per heavy atom. The number of nitrogens with zero attached hydrogens (tertiary/aromatic N) is 4. The van der Waals surface area contributed by atoms with Gasteiger partial charge in [0.1, 0.15) is 5.82 Å². The SMILES string of the molecule is CCCOC(=O)N1CCN(C(=O)c2ccc3c(Cl)c4c(nc3c2)CC(c2ncccc2F)CC4)C[C@H]1C. The zero-order valence-corrected chi connectivity index (χ0v) is 21.8. The van der Waals surface area contributed by atoms with E-state index in [-0.39, 0.29) is 29.8 Å². The standard InChI is InChI=1S/C28H30ClFN4O3/c1-3-13-37-28(36)34-12-11-33(16-17(34)2)27(35)19-7-9-21-24(15-19)32-23-14-18(6-8-20(23)25(21)29)26-22(30)5-4-10-31-26/h4-5,7,9-10,15,17-18H,3,6,8,11-14,16H2,1-2H3/t17-,18?/m1/s1. The number of benzene rings is 1. The Morgan fingerprint density at radius 1 is 1.24 bits per heavy atom. The van der Waals surface area contributed by atoms with E-state index in [1.54, 1.807) is 34.2 Å². The van der Waals surface area contributed by atoms with Gasteiger partial charge in [0, 0.05) is 54.4 Å². The number of amides is 2. The van der Waals surface area contributed by atoms with Crippen LogP contribution in [0.5, 0.6) is 0 Å². The average Bonchev–Trinajstić information content (AvgIpc) is 2.91. The topological polar surface area (TPSA) is 75.6 Å². The fourth-order valence-electron chi connectivity index (χ4n) is 5.32. The molecule has 1 fully saturated rings. The highest BCUT2D eigenvalue weighted by Gasteiger charge is 2.32. The molecule has 3 aromatic rings. The Balaban J connectivity index is 1.36. The molecule has 2 aromatic heterocycles. The van der Waals surface area contributed by atoms with Crippen LogP contribution in [0, 0.1) is 5.82 Å². The van der Waals surface area contributed by atoms with Crippen LogP contribution in [0.3, 0.4) is 0 Å². The predicted molar refractivity (Wildman–Crippen MR) is 139 cm³/mol. The van der Waals surface area contributed by atoms with Gasteiger partial charge in [-0.1, -0.05) is 24.6 Å². The van der Waals surface area contributed by atoms with Gasteiger partial charge in [0.2, 0.25) is 0 Å². The minimum atomic E-state index is -0.334. The van der Waals surface area contributed by atoms with Gasteiger partial charge in [-0.25, -0.2) is 9.18 Å². The molecule has 1 aliphatic carbocycles. The highest BCUT2D eigenvalue weighted by Crippen LogP contribution is 2.38. The van der Waals surface area contributed by atoms with E-state index in [0.29, 0.717) is 60.9 Å². The average molecular weight is 525 g/mol. The van der Waals surface area contributed by atoms with E-state index in [4.69, 9.17) is 21.3 Å². The molecule has 2 aliphatic rings. The maximum absolute atomic E-state index is 14.4. The number of ether oxygens (including phenoxy) is 1. The quantitative estimate of drug-likeness (QED) is 0.457. The summed E-state index contributed by atoms with van der Waals surface area (Å²) in [7, 11) is 0. The number of piperazine rings is 1. The van der Waals surface area contributed by atoms with Gasteiger partial charge in [-0.3, -0.25) is 14.8 Å². The van der Waals surface area contributed by atoms with Crippen molar-refractivity contribution in [1.82, 2.24) is 19.8 Å². The molecule has 5 rings (SSSR count). The van der Waals surface area contributed by atoms with Crippen LogP contribution in [0.25, 0.3) is 10.9 Å². The summed E-state index contributed by atoms with van der Waals surface area (Å²) < 4.78 is 19.6. The molecule has 2 amide bonds. The highest BCUT2D eigenvalue weighted by atomic mass is 35.5. The van der Waals surface area contributed by atoms with Crippen LogP contribution >= 0.6 is 11.6 Å². The van der Waals surface area contributed by atoms with Crippen molar-refractivity contribution in [2.24, 2.45) is 0 Å². The third-order valence-corrected chi connectivity index (χ3v) is 7.72. The molecule has 2 atom stereocenters. The number of fused-ring (bicyclic) bond motifs is 2. The van der Waals surface area contributed by atoms with Gasteiger partial charge in [0.25, 0.3) is 5.91 Å². The van der Waals surface area contributed by atoms with Gasteiger partial charge >= 0.3 is 6.09 Å². The summed E-state index contributed by atoms with van der Waals surface area (Å²) in [5, 5.41) is 1.45. The minimum Gasteiger partial charge on any atom is -0.449 e. The van der Waals surface area contributed by atoms with Crippen molar-refractivity contribution in [1.29, 1.82) is 0 Å². The molecule has 9 heteroatoms. The number of hydrogen-bond acceptors (Lipinski definition) is 5. The zero-order valence-electron chi connectivity index (χ0n) is 21.0. The molecular formula is C28H30ClFN4O3. The zero-order chi connectivity index (χ0) is 26.1. The fraction of sp³-hybridized carbons (Fsp3) is 0.429. The van der Waals surface area contributed by atoms with Crippen LogP contribution in [-0.2, 0) is 17.6 Å². The van der Waals surface area contributed by atoms with Crippen LogP contribution in [-0.4, -0.2) is 64.1 Å². The molecule has 1 unspecified atom stereocenters. The maximum atomic E-state index is 14.4. The molecule has 37 heavy (non-hydrogen) atoms. The van der Waals surface area contributed by atoms with E-state index >= 15 is 0 Å². The van der Waals surface area contributed by atoms with Gasteiger partial charge in [-0.15, -0.1) is 0 Å². The summed E-state index contributed by atoms with van der Waals surface area (Å²) in [6, 6.07) is 8.30. The van der Waals surface area contributed by atoms with Crippen LogP contribution in [0.4, 0.5) is 9.18 Å². The normalized spacial score (nSPS) is 19.6. The Hall–Kier alpha value is -3.26. The van der Waals surface area contributed by atoms with Crippen LogP contribution < -0.4 is 0 Å². The molecular weight excluding hydrogens is 495 g/mol. The number of rotatable bonds is 4. The van der Waals surface area contributed by atoms with Crippen molar-refractivity contribution in [3.63, 3.8) is 0 Å². The molecule has 1 saturated heterocycles. The second kappa shape index (κ2) is 10.6. The first-order valence-corrected chi connectivity index (χ1v) is 13.2. The lowest BCUT2D eigenvalue weighted by molar-refractivity contribution is 0.0412. The molecule has 0 spiro atoms. The summed E-state index contributed by atoms with van der Waals surface area (Å²) in [6.45, 7) is 5.53. The second-order valence-electron chi connectivity index (χ2n) is 9.80. The lowest BCUT2D eigenvalue weighted by Gasteiger charge is -2.39. The van der Waals surface area contributed by atoms with E-state index in [9.17, 15) is 14.0 Å². The molecule has 1 aromatic carbocycles. The first-order chi connectivity index (χ1) is 17.9. The molecule has 0 saturated carbocycles. The highest BCUT2D eigenvalue weighted by molar-refractivity contribution is 6.36. The lowest BCUT2D eigenvalue weighted by atomic mass is 9.84. The number of halogens is 2. The van der Waals surface area contributed by atoms with Gasteiger partial charge in [-0.2, -0.15) is 0 Å². The van der Waals surface area contributed by atoms with Crippen molar-refractivity contribution >= 4 is 34.5 Å². The van der Waals surface area contributed by atoms with E-state index in [1.807, 2.05) is 19.9 Å². The number of aromatic nitrogens is 2. The van der Waals surface area contributed by atoms with Crippen LogP contribution in [0.1, 0.15) is 59.9 Å². The smallest absolute Gasteiger partial charge is 0.410 e. The van der Waals surface area contributed by atoms with Crippen molar-refractivity contribution in [3.8, 4) is 0 Å². The first kappa shape index (κ1) is 25.4. The van der Waals surface area contributed by atoms with E-state index in [0.717, 1.165) is 29.5 Å². The fourth-order valence-corrected chi connectivity index (χ4v) is 5.69. The molecule has 7 nitrogen and oxygen atoms in total. The summed E-state index contributed by atoms with van der Waals surface area (Å²) in [5.41, 5.74) is 3.44. The van der Waals surface area contributed by atoms with E-state index in [1.165, 1.54) is 6.07 Å². The molecule has 3 heterocycles. The van der Waals surface area contributed by atoms with Crippen LogP contribution in [0.15, 0.2) is 36.5 Å². The minimum absolute atomic E-state index is 0.0682. The Bertz CT molecular complexity index is 1350. The summed E-state index contributed by atoms with van der Waals surface area (Å²) in [5.74, 6) is -0.482. The summed E-state index contributed by atoms with van der Waals surface area (Å²) >= 11 is 6.79. The van der Waals surface area contributed by atoms with Crippen molar-refractivity contribution < 1.29 is 18.7 Å². The molecule has 0 radical (unpaired) electrons. The van der Waals surface area contributed by atoms with Crippen LogP contribution in [0.2, 0.25) is 5.02 Å². The van der Waals surface area contributed by atoms with Crippen molar-refractivity contribution in [3.05, 3.63) is 69.9 Å². The monoisotopic (exact) mass is 524 g/mol. The summed E-state index contributed by atoms with van der Waals surface area (Å²) in [6.07, 6.45) is 4.04. The first-order valence-electron chi connectivity index (χ1n) is 12.8. The Labute approximate surface area is 220 Å². The Kier molecular flexibility index (Phi) is 7.29. The maximum Gasteiger partial charge on any atom is 0.410 e. The van der Waals surface area contributed by atoms with Gasteiger partial charge in [-0.05, 0) is 62.4 Å². The lowest BCUT2D eigenvalue weighted by Crippen LogP contribution is -2.55. The number of carbonyl (C=O) groups excluding carboxylic acids is 2. The third-order valence-electron chi connectivity index (χ3n) is 7.28. The Morgan fingerprint density at radius 2 is 2.08 bits per heavy atom. The largest absolute Gasteiger partial charge is 0.449 e. The number of hydrogen-bond donors (Lipinski definition) is 0. The summed E-state index contributed by atoms with van der Waals surface area (Å²) in [4.78, 5) is 38.2. The van der Waals surface area contributed by atoms with Crippen molar-refractivity contribution in [2.45, 2.75) is 51.5 Å². The van der Waals surface area contributed by atoms with Crippen molar-refractivity contribution in [2.75, 3.05) is 26.2 Å².